The van der Waals surface area contributed by atoms with Crippen LogP contribution in [-0.2, 0) is 5.41 Å². The molecule has 0 radical (unpaired) electrons. The smallest absolute Gasteiger partial charge is 0.156 e. The van der Waals surface area contributed by atoms with E-state index in [-0.39, 0.29) is 10.8 Å². The maximum Gasteiger partial charge on any atom is 0.156 e. The zero-order valence-corrected chi connectivity index (χ0v) is 23.1. The average Bonchev–Trinajstić information content (AvgIpc) is 2.72. The van der Waals surface area contributed by atoms with E-state index >= 15 is 0 Å². The molecule has 2 aromatic rings. The Kier molecular flexibility index (Phi) is 9.28. The molecule has 0 atom stereocenters. The van der Waals surface area contributed by atoms with Gasteiger partial charge in [0.2, 0.25) is 0 Å². The van der Waals surface area contributed by atoms with E-state index in [1.54, 1.807) is 0 Å². The molecule has 8 heteroatoms. The quantitative estimate of drug-likeness (QED) is 0.333. The summed E-state index contributed by atoms with van der Waals surface area (Å²) in [5.41, 5.74) is 12.5. The average molecular weight is 536 g/mol. The van der Waals surface area contributed by atoms with Crippen molar-refractivity contribution < 1.29 is 9.47 Å². The minimum absolute atomic E-state index is 0.193. The molecule has 2 rings (SSSR count). The van der Waals surface area contributed by atoms with Crippen molar-refractivity contribution in [2.24, 2.45) is 22.3 Å². The highest BCUT2D eigenvalue weighted by atomic mass is 35.5. The van der Waals surface area contributed by atoms with E-state index in [4.69, 9.17) is 67.3 Å². The SMILES string of the molecule is CC(C)(CN)COc1c(Cl)cc(C(C)(C)c2cc(Cl)c(OCC(C)(C)CN)c(Cl)c2)cc1Cl. The Balaban J connectivity index is 2.35. The molecule has 0 saturated carbocycles. The number of halogens is 4. The van der Waals surface area contributed by atoms with Crippen LogP contribution in [0.2, 0.25) is 20.1 Å². The summed E-state index contributed by atoms with van der Waals surface area (Å²) >= 11 is 26.3. The lowest BCUT2D eigenvalue weighted by atomic mass is 9.78. The summed E-state index contributed by atoms with van der Waals surface area (Å²) in [6.45, 7) is 13.9. The molecule has 33 heavy (non-hydrogen) atoms. The highest BCUT2D eigenvalue weighted by Crippen LogP contribution is 2.44. The van der Waals surface area contributed by atoms with Crippen molar-refractivity contribution in [2.75, 3.05) is 26.3 Å². The summed E-state index contributed by atoms with van der Waals surface area (Å²) in [5, 5.41) is 1.72. The van der Waals surface area contributed by atoms with Crippen molar-refractivity contribution in [1.82, 2.24) is 0 Å². The first-order chi connectivity index (χ1) is 15.1. The van der Waals surface area contributed by atoms with Crippen LogP contribution in [0, 0.1) is 10.8 Å². The fourth-order valence-electron chi connectivity index (χ4n) is 2.94. The van der Waals surface area contributed by atoms with Gasteiger partial charge < -0.3 is 20.9 Å². The third-order valence-electron chi connectivity index (χ3n) is 5.76. The third-order valence-corrected chi connectivity index (χ3v) is 6.88. The molecule has 0 aliphatic carbocycles. The fraction of sp³-hybridized carbons (Fsp3) is 0.520. The van der Waals surface area contributed by atoms with Gasteiger partial charge in [-0.05, 0) is 35.4 Å². The van der Waals surface area contributed by atoms with E-state index in [9.17, 15) is 0 Å². The molecule has 0 heterocycles. The summed E-state index contributed by atoms with van der Waals surface area (Å²) in [4.78, 5) is 0. The summed E-state index contributed by atoms with van der Waals surface area (Å²) in [5.74, 6) is 0.892. The monoisotopic (exact) mass is 534 g/mol. The first-order valence-corrected chi connectivity index (χ1v) is 12.3. The van der Waals surface area contributed by atoms with Crippen LogP contribution in [0.5, 0.6) is 11.5 Å². The molecular weight excluding hydrogens is 502 g/mol. The van der Waals surface area contributed by atoms with Gasteiger partial charge >= 0.3 is 0 Å². The summed E-state index contributed by atoms with van der Waals surface area (Å²) in [6.07, 6.45) is 0. The van der Waals surface area contributed by atoms with Crippen molar-refractivity contribution >= 4 is 46.4 Å². The van der Waals surface area contributed by atoms with Crippen LogP contribution >= 0.6 is 46.4 Å². The third kappa shape index (κ3) is 7.06. The largest absolute Gasteiger partial charge is 0.490 e. The van der Waals surface area contributed by atoms with Crippen LogP contribution in [0.3, 0.4) is 0 Å². The molecule has 0 saturated heterocycles. The summed E-state index contributed by atoms with van der Waals surface area (Å²) in [6, 6.07) is 7.42. The number of benzene rings is 2. The van der Waals surface area contributed by atoms with Gasteiger partial charge in [-0.25, -0.2) is 0 Å². The predicted octanol–water partition coefficient (Wildman–Crippen LogP) is 7.35. The van der Waals surface area contributed by atoms with Crippen LogP contribution in [0.25, 0.3) is 0 Å². The molecule has 0 aliphatic heterocycles. The number of hydrogen-bond acceptors (Lipinski definition) is 4. The minimum Gasteiger partial charge on any atom is -0.490 e. The Bertz CT molecular complexity index is 867. The topological polar surface area (TPSA) is 70.5 Å². The van der Waals surface area contributed by atoms with Crippen molar-refractivity contribution in [3.8, 4) is 11.5 Å². The number of hydrogen-bond donors (Lipinski definition) is 2. The van der Waals surface area contributed by atoms with Crippen LogP contribution in [0.4, 0.5) is 0 Å². The first kappa shape index (κ1) is 28.4. The van der Waals surface area contributed by atoms with Gasteiger partial charge in [0.1, 0.15) is 0 Å². The van der Waals surface area contributed by atoms with Gasteiger partial charge in [0, 0.05) is 29.3 Å². The van der Waals surface area contributed by atoms with Gasteiger partial charge in [0.05, 0.1) is 33.3 Å². The van der Waals surface area contributed by atoms with Gasteiger partial charge in [0.25, 0.3) is 0 Å². The van der Waals surface area contributed by atoms with Crippen LogP contribution in [-0.4, -0.2) is 26.3 Å². The molecule has 0 bridgehead atoms. The lowest BCUT2D eigenvalue weighted by Gasteiger charge is -2.29. The lowest BCUT2D eigenvalue weighted by Crippen LogP contribution is -2.30. The summed E-state index contributed by atoms with van der Waals surface area (Å²) in [7, 11) is 0. The molecule has 0 amide bonds. The molecule has 0 fully saturated rings. The normalized spacial score (nSPS) is 12.7. The Morgan fingerprint density at radius 1 is 0.606 bits per heavy atom. The zero-order valence-electron chi connectivity index (χ0n) is 20.1. The molecule has 0 spiro atoms. The maximum absolute atomic E-state index is 6.56. The van der Waals surface area contributed by atoms with Gasteiger partial charge in [-0.3, -0.25) is 0 Å². The van der Waals surface area contributed by atoms with E-state index in [1.165, 1.54) is 0 Å². The van der Waals surface area contributed by atoms with Gasteiger partial charge in [-0.2, -0.15) is 0 Å². The number of rotatable bonds is 10. The van der Waals surface area contributed by atoms with E-state index in [0.717, 1.165) is 11.1 Å². The Morgan fingerprint density at radius 2 is 0.879 bits per heavy atom. The van der Waals surface area contributed by atoms with E-state index < -0.39 is 5.41 Å². The van der Waals surface area contributed by atoms with Crippen LogP contribution in [0.1, 0.15) is 52.7 Å². The Hall–Kier alpha value is -0.880. The molecule has 184 valence electrons. The second kappa shape index (κ2) is 10.8. The summed E-state index contributed by atoms with van der Waals surface area (Å²) < 4.78 is 11.8. The van der Waals surface area contributed by atoms with Gasteiger partial charge in [-0.15, -0.1) is 0 Å². The highest BCUT2D eigenvalue weighted by Gasteiger charge is 2.28. The first-order valence-electron chi connectivity index (χ1n) is 10.8. The van der Waals surface area contributed by atoms with Crippen molar-refractivity contribution in [2.45, 2.75) is 47.0 Å². The van der Waals surface area contributed by atoms with Crippen molar-refractivity contribution in [3.05, 3.63) is 55.5 Å². The maximum atomic E-state index is 6.56. The number of ether oxygens (including phenoxy) is 2. The van der Waals surface area contributed by atoms with Gasteiger partial charge in [0.15, 0.2) is 11.5 Å². The highest BCUT2D eigenvalue weighted by molar-refractivity contribution is 6.38. The Morgan fingerprint density at radius 3 is 1.12 bits per heavy atom. The minimum atomic E-state index is -0.495. The van der Waals surface area contributed by atoms with Crippen molar-refractivity contribution in [3.63, 3.8) is 0 Å². The lowest BCUT2D eigenvalue weighted by molar-refractivity contribution is 0.187. The van der Waals surface area contributed by atoms with Crippen LogP contribution < -0.4 is 20.9 Å². The molecule has 0 aromatic heterocycles. The van der Waals surface area contributed by atoms with Gasteiger partial charge in [-0.1, -0.05) is 87.9 Å². The molecule has 2 aromatic carbocycles. The Labute approximate surface area is 217 Å². The molecule has 0 unspecified atom stereocenters. The van der Waals surface area contributed by atoms with E-state index in [1.807, 2.05) is 65.8 Å². The van der Waals surface area contributed by atoms with E-state index in [0.29, 0.717) is 57.9 Å². The standard InChI is InChI=1S/C25H34Cl4N2O2/c1-23(2,11-30)13-32-21-17(26)7-15(8-18(21)27)25(5,6)16-9-19(28)22(20(29)10-16)33-14-24(3,4)12-31/h7-10H,11-14,30-31H2,1-6H3. The zero-order chi connectivity index (χ0) is 25.2. The molecular formula is C25H34Cl4N2O2. The second-order valence-electron chi connectivity index (χ2n) is 10.5. The van der Waals surface area contributed by atoms with Crippen LogP contribution in [0.15, 0.2) is 24.3 Å². The van der Waals surface area contributed by atoms with E-state index in [2.05, 4.69) is 0 Å². The molecule has 4 N–H and O–H groups in total. The predicted molar refractivity (Wildman–Crippen MR) is 142 cm³/mol. The molecule has 0 aliphatic rings. The fourth-order valence-corrected chi connectivity index (χ4v) is 4.13. The van der Waals surface area contributed by atoms with Crippen molar-refractivity contribution in [1.29, 1.82) is 0 Å². The molecule has 4 nitrogen and oxygen atoms in total. The second-order valence-corrected chi connectivity index (χ2v) is 12.1. The number of nitrogens with two attached hydrogens (primary N) is 2.